The molecule has 3 N–H and O–H groups in total. The van der Waals surface area contributed by atoms with Gasteiger partial charge in [0, 0.05) is 19.6 Å². The molecule has 1 aliphatic heterocycles. The summed E-state index contributed by atoms with van der Waals surface area (Å²) in [6.07, 6.45) is 4.35. The average molecular weight is 299 g/mol. The number of nitrogens with one attached hydrogen (secondary N) is 2. The van der Waals surface area contributed by atoms with Crippen LogP contribution in [0.3, 0.4) is 0 Å². The van der Waals surface area contributed by atoms with Gasteiger partial charge >= 0.3 is 12.0 Å². The summed E-state index contributed by atoms with van der Waals surface area (Å²) in [5.41, 5.74) is 0. The molecule has 21 heavy (non-hydrogen) atoms. The molecule has 1 fully saturated rings. The van der Waals surface area contributed by atoms with Gasteiger partial charge in [-0.3, -0.25) is 4.79 Å². The number of carbonyl (C=O) groups excluding carboxylic acids is 1. The number of carbonyl (C=O) groups is 2. The first-order valence-corrected chi connectivity index (χ1v) is 7.96. The van der Waals surface area contributed by atoms with Crippen molar-refractivity contribution < 1.29 is 14.7 Å². The van der Waals surface area contributed by atoms with Crippen LogP contribution in [0.15, 0.2) is 0 Å². The molecule has 1 aliphatic rings. The normalized spacial score (nSPS) is 17.5. The van der Waals surface area contributed by atoms with E-state index in [0.29, 0.717) is 18.9 Å². The lowest BCUT2D eigenvalue weighted by atomic mass is 9.97. The number of rotatable bonds is 8. The standard InChI is InChI=1S/C15H29N3O3/c1-12(2)10-13(14(19)20)11-17-15(21)16-6-9-18-7-4-3-5-8-18/h12-13H,3-11H2,1-2H3,(H,19,20)(H2,16,17,21). The Morgan fingerprint density at radius 3 is 2.38 bits per heavy atom. The van der Waals surface area contributed by atoms with Crippen LogP contribution in [0, 0.1) is 11.8 Å². The zero-order valence-corrected chi connectivity index (χ0v) is 13.2. The second-order valence-electron chi connectivity index (χ2n) is 6.20. The lowest BCUT2D eigenvalue weighted by molar-refractivity contribution is -0.142. The molecule has 2 amide bonds. The molecule has 6 nitrogen and oxygen atoms in total. The molecule has 1 atom stereocenters. The molecule has 0 aromatic heterocycles. The highest BCUT2D eigenvalue weighted by molar-refractivity contribution is 5.75. The van der Waals surface area contributed by atoms with E-state index in [1.807, 2.05) is 13.8 Å². The Morgan fingerprint density at radius 1 is 1.14 bits per heavy atom. The van der Waals surface area contributed by atoms with E-state index >= 15 is 0 Å². The third-order valence-corrected chi connectivity index (χ3v) is 3.78. The number of hydrogen-bond donors (Lipinski definition) is 3. The van der Waals surface area contributed by atoms with Gasteiger partial charge in [-0.1, -0.05) is 20.3 Å². The second-order valence-corrected chi connectivity index (χ2v) is 6.20. The number of nitrogens with zero attached hydrogens (tertiary/aromatic N) is 1. The van der Waals surface area contributed by atoms with Crippen molar-refractivity contribution in [2.24, 2.45) is 11.8 Å². The van der Waals surface area contributed by atoms with Crippen LogP contribution < -0.4 is 10.6 Å². The number of urea groups is 1. The first kappa shape index (κ1) is 17.8. The molecule has 1 unspecified atom stereocenters. The van der Waals surface area contributed by atoms with Gasteiger partial charge in [0.2, 0.25) is 0 Å². The molecule has 1 rings (SSSR count). The number of piperidine rings is 1. The van der Waals surface area contributed by atoms with E-state index in [4.69, 9.17) is 5.11 Å². The monoisotopic (exact) mass is 299 g/mol. The predicted octanol–water partition coefficient (Wildman–Crippen LogP) is 1.52. The van der Waals surface area contributed by atoms with E-state index in [1.54, 1.807) is 0 Å². The molecule has 0 saturated carbocycles. The minimum atomic E-state index is -0.850. The Balaban J connectivity index is 2.15. The highest BCUT2D eigenvalue weighted by atomic mass is 16.4. The molecule has 1 saturated heterocycles. The van der Waals surface area contributed by atoms with Crippen LogP contribution in [0.25, 0.3) is 0 Å². The molecule has 0 spiro atoms. The summed E-state index contributed by atoms with van der Waals surface area (Å²) in [5.74, 6) is -1.06. The van der Waals surface area contributed by atoms with E-state index in [2.05, 4.69) is 15.5 Å². The van der Waals surface area contributed by atoms with E-state index < -0.39 is 11.9 Å². The second kappa shape index (κ2) is 9.60. The minimum absolute atomic E-state index is 0.184. The van der Waals surface area contributed by atoms with E-state index in [-0.39, 0.29) is 12.6 Å². The van der Waals surface area contributed by atoms with E-state index in [1.165, 1.54) is 19.3 Å². The lowest BCUT2D eigenvalue weighted by Gasteiger charge is -2.26. The number of likely N-dealkylation sites (tertiary alicyclic amines) is 1. The summed E-state index contributed by atoms with van der Waals surface area (Å²) < 4.78 is 0. The van der Waals surface area contributed by atoms with Crippen LogP contribution in [-0.2, 0) is 4.79 Å². The Kier molecular flexibility index (Phi) is 8.12. The van der Waals surface area contributed by atoms with Gasteiger partial charge < -0.3 is 20.6 Å². The van der Waals surface area contributed by atoms with Crippen molar-refractivity contribution >= 4 is 12.0 Å². The van der Waals surface area contributed by atoms with Crippen LogP contribution in [0.4, 0.5) is 4.79 Å². The fourth-order valence-electron chi connectivity index (χ4n) is 2.63. The summed E-state index contributed by atoms with van der Waals surface area (Å²) in [4.78, 5) is 25.1. The van der Waals surface area contributed by atoms with Gasteiger partial charge in [-0.2, -0.15) is 0 Å². The zero-order valence-electron chi connectivity index (χ0n) is 13.2. The molecule has 6 heteroatoms. The highest BCUT2D eigenvalue weighted by Crippen LogP contribution is 2.11. The SMILES string of the molecule is CC(C)CC(CNC(=O)NCCN1CCCCC1)C(=O)O. The fourth-order valence-corrected chi connectivity index (χ4v) is 2.63. The van der Waals surface area contributed by atoms with Crippen molar-refractivity contribution in [1.82, 2.24) is 15.5 Å². The van der Waals surface area contributed by atoms with Crippen molar-refractivity contribution in [3.8, 4) is 0 Å². The van der Waals surface area contributed by atoms with Crippen molar-refractivity contribution in [1.29, 1.82) is 0 Å². The maximum atomic E-state index is 11.7. The van der Waals surface area contributed by atoms with Gasteiger partial charge in [0.25, 0.3) is 0 Å². The summed E-state index contributed by atoms with van der Waals surface area (Å²) in [6, 6.07) is -0.276. The Morgan fingerprint density at radius 2 is 1.81 bits per heavy atom. The molecule has 122 valence electrons. The maximum Gasteiger partial charge on any atom is 0.314 e. The van der Waals surface area contributed by atoms with Crippen LogP contribution >= 0.6 is 0 Å². The molecule has 0 aromatic carbocycles. The van der Waals surface area contributed by atoms with Gasteiger partial charge in [0.1, 0.15) is 0 Å². The van der Waals surface area contributed by atoms with Gasteiger partial charge in [0.05, 0.1) is 5.92 Å². The number of carboxylic acid groups (broad SMARTS) is 1. The summed E-state index contributed by atoms with van der Waals surface area (Å²) in [7, 11) is 0. The van der Waals surface area contributed by atoms with Crippen LogP contribution in [-0.4, -0.2) is 54.7 Å². The first-order chi connectivity index (χ1) is 9.99. The number of hydrogen-bond acceptors (Lipinski definition) is 3. The van der Waals surface area contributed by atoms with Gasteiger partial charge in [-0.15, -0.1) is 0 Å². The average Bonchev–Trinajstić information content (AvgIpc) is 2.44. The van der Waals surface area contributed by atoms with Crippen LogP contribution in [0.1, 0.15) is 39.5 Å². The quantitative estimate of drug-likeness (QED) is 0.634. The number of aliphatic carboxylic acids is 1. The fraction of sp³-hybridized carbons (Fsp3) is 0.867. The molecule has 0 aliphatic carbocycles. The third-order valence-electron chi connectivity index (χ3n) is 3.78. The Bertz CT molecular complexity index is 328. The van der Waals surface area contributed by atoms with Gasteiger partial charge in [-0.05, 0) is 38.3 Å². The lowest BCUT2D eigenvalue weighted by Crippen LogP contribution is -2.43. The first-order valence-electron chi connectivity index (χ1n) is 7.96. The summed E-state index contributed by atoms with van der Waals surface area (Å²) in [6.45, 7) is 7.83. The third kappa shape index (κ3) is 7.90. The minimum Gasteiger partial charge on any atom is -0.481 e. The van der Waals surface area contributed by atoms with Crippen molar-refractivity contribution in [3.05, 3.63) is 0 Å². The topological polar surface area (TPSA) is 81.7 Å². The molecule has 0 radical (unpaired) electrons. The zero-order chi connectivity index (χ0) is 15.7. The predicted molar refractivity (Wildman–Crippen MR) is 82.3 cm³/mol. The molecular formula is C15H29N3O3. The Labute approximate surface area is 127 Å². The maximum absolute atomic E-state index is 11.7. The largest absolute Gasteiger partial charge is 0.481 e. The van der Waals surface area contributed by atoms with Crippen molar-refractivity contribution in [3.63, 3.8) is 0 Å². The Hall–Kier alpha value is -1.30. The number of carboxylic acids is 1. The molecule has 1 heterocycles. The molecular weight excluding hydrogens is 270 g/mol. The van der Waals surface area contributed by atoms with Crippen molar-refractivity contribution in [2.45, 2.75) is 39.5 Å². The summed E-state index contributed by atoms with van der Waals surface area (Å²) in [5, 5.41) is 14.6. The molecule has 0 aromatic rings. The van der Waals surface area contributed by atoms with Gasteiger partial charge in [-0.25, -0.2) is 4.79 Å². The highest BCUT2D eigenvalue weighted by Gasteiger charge is 2.19. The molecule has 0 bridgehead atoms. The van der Waals surface area contributed by atoms with Crippen LogP contribution in [0.5, 0.6) is 0 Å². The van der Waals surface area contributed by atoms with Gasteiger partial charge in [0.15, 0.2) is 0 Å². The van der Waals surface area contributed by atoms with E-state index in [0.717, 1.165) is 19.6 Å². The smallest absolute Gasteiger partial charge is 0.314 e. The number of amides is 2. The summed E-state index contributed by atoms with van der Waals surface area (Å²) >= 11 is 0. The van der Waals surface area contributed by atoms with E-state index in [9.17, 15) is 9.59 Å². The van der Waals surface area contributed by atoms with Crippen LogP contribution in [0.2, 0.25) is 0 Å². The van der Waals surface area contributed by atoms with Crippen molar-refractivity contribution in [2.75, 3.05) is 32.7 Å².